The number of carbonyl (C=O) groups excluding carboxylic acids is 3. The molecule has 1 heterocycles. The van der Waals surface area contributed by atoms with Gasteiger partial charge in [-0.25, -0.2) is 14.5 Å². The summed E-state index contributed by atoms with van der Waals surface area (Å²) in [5.74, 6) is -2.43. The maximum Gasteiger partial charge on any atom is 0.417 e. The molecule has 0 saturated carbocycles. The summed E-state index contributed by atoms with van der Waals surface area (Å²) in [6, 6.07) is 8.91. The number of nitrogens with zero attached hydrogens (tertiary/aromatic N) is 1. The fourth-order valence-electron chi connectivity index (χ4n) is 1.81. The number of ether oxygens (including phenoxy) is 2. The Hall–Kier alpha value is -2.83. The predicted molar refractivity (Wildman–Crippen MR) is 70.0 cm³/mol. The van der Waals surface area contributed by atoms with Crippen molar-refractivity contribution >= 4 is 18.0 Å². The van der Waals surface area contributed by atoms with E-state index in [1.54, 1.807) is 24.3 Å². The molecule has 0 spiro atoms. The van der Waals surface area contributed by atoms with Gasteiger partial charge in [-0.1, -0.05) is 30.3 Å². The molecule has 0 aromatic heterocycles. The van der Waals surface area contributed by atoms with Crippen molar-refractivity contribution in [3.63, 3.8) is 0 Å². The second kappa shape index (κ2) is 6.08. The van der Waals surface area contributed by atoms with Gasteiger partial charge < -0.3 is 14.6 Å². The van der Waals surface area contributed by atoms with E-state index in [-0.39, 0.29) is 6.61 Å². The smallest absolute Gasteiger partial charge is 0.417 e. The van der Waals surface area contributed by atoms with E-state index >= 15 is 0 Å². The van der Waals surface area contributed by atoms with Crippen LogP contribution < -0.4 is 0 Å². The van der Waals surface area contributed by atoms with E-state index in [0.717, 1.165) is 12.7 Å². The second-order valence-corrected chi connectivity index (χ2v) is 4.24. The average Bonchev–Trinajstić information content (AvgIpc) is 2.80. The molecule has 1 aromatic carbocycles. The molecule has 0 unspecified atom stereocenters. The molecule has 2 amide bonds. The van der Waals surface area contributed by atoms with Gasteiger partial charge in [-0.15, -0.1) is 0 Å². The Morgan fingerprint density at radius 3 is 2.57 bits per heavy atom. The molecule has 1 aliphatic heterocycles. The van der Waals surface area contributed by atoms with Crippen molar-refractivity contribution < 1.29 is 29.0 Å². The highest BCUT2D eigenvalue weighted by molar-refractivity contribution is 6.21. The van der Waals surface area contributed by atoms with Gasteiger partial charge in [0, 0.05) is 0 Å². The maximum absolute atomic E-state index is 11.9. The summed E-state index contributed by atoms with van der Waals surface area (Å²) >= 11 is 0. The Labute approximate surface area is 120 Å². The largest absolute Gasteiger partial charge is 0.509 e. The summed E-state index contributed by atoms with van der Waals surface area (Å²) < 4.78 is 9.34. The van der Waals surface area contributed by atoms with E-state index in [1.807, 2.05) is 6.07 Å². The molecule has 7 nitrogen and oxygen atoms in total. The first-order valence-electron chi connectivity index (χ1n) is 6.07. The monoisotopic (exact) mass is 291 g/mol. The summed E-state index contributed by atoms with van der Waals surface area (Å²) in [7, 11) is 1.08. The van der Waals surface area contributed by atoms with Gasteiger partial charge in [-0.05, 0) is 5.56 Å². The van der Waals surface area contributed by atoms with Gasteiger partial charge >= 0.3 is 12.1 Å². The third-order valence-corrected chi connectivity index (χ3v) is 2.87. The number of aliphatic hydroxyl groups is 1. The highest BCUT2D eigenvalue weighted by Crippen LogP contribution is 2.19. The highest BCUT2D eigenvalue weighted by Gasteiger charge is 2.40. The third-order valence-electron chi connectivity index (χ3n) is 2.87. The van der Waals surface area contributed by atoms with E-state index in [4.69, 9.17) is 4.74 Å². The lowest BCUT2D eigenvalue weighted by atomic mass is 10.2. The maximum atomic E-state index is 11.9. The van der Waals surface area contributed by atoms with E-state index in [2.05, 4.69) is 4.74 Å². The van der Waals surface area contributed by atoms with Gasteiger partial charge in [-0.2, -0.15) is 0 Å². The van der Waals surface area contributed by atoms with Crippen LogP contribution in [-0.4, -0.2) is 41.6 Å². The van der Waals surface area contributed by atoms with Crippen molar-refractivity contribution in [2.24, 2.45) is 0 Å². The number of benzene rings is 1. The van der Waals surface area contributed by atoms with E-state index in [0.29, 0.717) is 4.90 Å². The Kier molecular flexibility index (Phi) is 4.22. The van der Waals surface area contributed by atoms with E-state index < -0.39 is 35.8 Å². The molecule has 0 radical (unpaired) electrons. The third kappa shape index (κ3) is 3.02. The number of aliphatic hydroxyl groups excluding tert-OH is 1. The van der Waals surface area contributed by atoms with E-state index in [1.165, 1.54) is 0 Å². The van der Waals surface area contributed by atoms with Crippen LogP contribution >= 0.6 is 0 Å². The minimum Gasteiger partial charge on any atom is -0.509 e. The van der Waals surface area contributed by atoms with Gasteiger partial charge in [0.2, 0.25) is 0 Å². The number of carbonyl (C=O) groups is 3. The molecule has 21 heavy (non-hydrogen) atoms. The Morgan fingerprint density at radius 2 is 1.95 bits per heavy atom. The lowest BCUT2D eigenvalue weighted by Gasteiger charge is -2.14. The van der Waals surface area contributed by atoms with Gasteiger partial charge in [0.15, 0.2) is 5.57 Å². The molecule has 0 fully saturated rings. The molecular formula is C14H13NO6. The van der Waals surface area contributed by atoms with Gasteiger partial charge in [0.05, 0.1) is 13.7 Å². The van der Waals surface area contributed by atoms with Crippen molar-refractivity contribution in [1.82, 2.24) is 4.90 Å². The number of imide groups is 1. The van der Waals surface area contributed by atoms with Crippen LogP contribution in [0.2, 0.25) is 0 Å². The van der Waals surface area contributed by atoms with Crippen molar-refractivity contribution in [3.05, 3.63) is 47.2 Å². The normalized spacial score (nSPS) is 14.3. The highest BCUT2D eigenvalue weighted by atomic mass is 16.6. The number of hydrogen-bond acceptors (Lipinski definition) is 6. The zero-order valence-corrected chi connectivity index (χ0v) is 11.2. The molecule has 0 atom stereocenters. The van der Waals surface area contributed by atoms with Crippen molar-refractivity contribution in [1.29, 1.82) is 0 Å². The van der Waals surface area contributed by atoms with Crippen LogP contribution in [-0.2, 0) is 25.7 Å². The quantitative estimate of drug-likeness (QED) is 0.663. The Bertz CT molecular complexity index is 607. The van der Waals surface area contributed by atoms with Crippen LogP contribution in [0, 0.1) is 0 Å². The van der Waals surface area contributed by atoms with Crippen molar-refractivity contribution in [2.75, 3.05) is 13.7 Å². The van der Waals surface area contributed by atoms with Crippen LogP contribution in [0.15, 0.2) is 41.7 Å². The van der Waals surface area contributed by atoms with Crippen LogP contribution in [0.1, 0.15) is 5.56 Å². The standard InChI is InChI=1S/C14H13NO6/c1-20-13(18)11-10(16)7-15(12(11)17)14(19)21-8-9-5-3-2-4-6-9/h2-6,16H,7-8H2,1H3. The molecule has 7 heteroatoms. The Morgan fingerprint density at radius 1 is 1.29 bits per heavy atom. The number of methoxy groups -OCH3 is 1. The topological polar surface area (TPSA) is 93.1 Å². The second-order valence-electron chi connectivity index (χ2n) is 4.24. The van der Waals surface area contributed by atoms with Crippen LogP contribution in [0.3, 0.4) is 0 Å². The zero-order valence-electron chi connectivity index (χ0n) is 11.2. The molecule has 0 aliphatic carbocycles. The Balaban J connectivity index is 1.99. The molecular weight excluding hydrogens is 278 g/mol. The lowest BCUT2D eigenvalue weighted by molar-refractivity contribution is -0.139. The first kappa shape index (κ1) is 14.6. The molecule has 2 rings (SSSR count). The van der Waals surface area contributed by atoms with Crippen LogP contribution in [0.25, 0.3) is 0 Å². The minimum absolute atomic E-state index is 0.0161. The van der Waals surface area contributed by atoms with Crippen LogP contribution in [0.5, 0.6) is 0 Å². The van der Waals surface area contributed by atoms with Gasteiger partial charge in [-0.3, -0.25) is 4.79 Å². The molecule has 1 N–H and O–H groups in total. The summed E-state index contributed by atoms with van der Waals surface area (Å²) in [6.45, 7) is -0.422. The number of rotatable bonds is 3. The van der Waals surface area contributed by atoms with Gasteiger partial charge in [0.1, 0.15) is 12.4 Å². The lowest BCUT2D eigenvalue weighted by Crippen LogP contribution is -2.35. The fraction of sp³-hybridized carbons (Fsp3) is 0.214. The van der Waals surface area contributed by atoms with E-state index in [9.17, 15) is 19.5 Å². The number of hydrogen-bond donors (Lipinski definition) is 1. The minimum atomic E-state index is -0.990. The first-order chi connectivity index (χ1) is 10.0. The molecule has 0 bridgehead atoms. The first-order valence-corrected chi connectivity index (χ1v) is 6.07. The predicted octanol–water partition coefficient (Wildman–Crippen LogP) is 1.15. The molecule has 1 aliphatic rings. The number of esters is 1. The van der Waals surface area contributed by atoms with Gasteiger partial charge in [0.25, 0.3) is 5.91 Å². The summed E-state index contributed by atoms with van der Waals surface area (Å²) in [5.41, 5.74) is 0.206. The summed E-state index contributed by atoms with van der Waals surface area (Å²) in [6.07, 6.45) is -0.936. The van der Waals surface area contributed by atoms with Crippen molar-refractivity contribution in [3.8, 4) is 0 Å². The SMILES string of the molecule is COC(=O)C1=C(O)CN(C(=O)OCc2ccccc2)C1=O. The summed E-state index contributed by atoms with van der Waals surface area (Å²) in [4.78, 5) is 35.7. The molecule has 1 aromatic rings. The molecule has 110 valence electrons. The zero-order chi connectivity index (χ0) is 15.4. The number of amides is 2. The summed E-state index contributed by atoms with van der Waals surface area (Å²) in [5, 5.41) is 9.57. The average molecular weight is 291 g/mol. The van der Waals surface area contributed by atoms with Crippen molar-refractivity contribution in [2.45, 2.75) is 6.61 Å². The van der Waals surface area contributed by atoms with Crippen LogP contribution in [0.4, 0.5) is 4.79 Å². The molecule has 0 saturated heterocycles. The fourth-order valence-corrected chi connectivity index (χ4v) is 1.81.